The van der Waals surface area contributed by atoms with Gasteiger partial charge in [-0.05, 0) is 65.9 Å². The van der Waals surface area contributed by atoms with Crippen LogP contribution >= 0.6 is 0 Å². The van der Waals surface area contributed by atoms with Crippen LogP contribution in [0.4, 0.5) is 5.69 Å². The van der Waals surface area contributed by atoms with Crippen LogP contribution in [0.25, 0.3) is 0 Å². The maximum Gasteiger partial charge on any atom is 0.238 e. The minimum absolute atomic E-state index is 0.139. The number of rotatable bonds is 5. The Labute approximate surface area is 149 Å². The second-order valence-corrected chi connectivity index (χ2v) is 8.27. The summed E-state index contributed by atoms with van der Waals surface area (Å²) in [6, 6.07) is 12.5. The third kappa shape index (κ3) is 5.14. The average Bonchev–Trinajstić information content (AvgIpc) is 2.52. The van der Waals surface area contributed by atoms with Crippen LogP contribution < -0.4 is 9.88 Å². The van der Waals surface area contributed by atoms with Crippen LogP contribution in [0.2, 0.25) is 0 Å². The smallest absolute Gasteiger partial charge is 0.238 e. The molecule has 134 valence electrons. The van der Waals surface area contributed by atoms with Gasteiger partial charge in [0, 0.05) is 6.21 Å². The van der Waals surface area contributed by atoms with E-state index in [0.717, 1.165) is 11.3 Å². The van der Waals surface area contributed by atoms with Crippen molar-refractivity contribution in [2.24, 2.45) is 10.1 Å². The number of aliphatic imine (C=N–C) groups is 1. The molecule has 2 rings (SSSR count). The van der Waals surface area contributed by atoms with Gasteiger partial charge in [0.25, 0.3) is 0 Å². The van der Waals surface area contributed by atoms with Gasteiger partial charge >= 0.3 is 0 Å². The molecule has 2 aromatic rings. The molecule has 0 aliphatic heterocycles. The highest BCUT2D eigenvalue weighted by Gasteiger charge is 2.23. The highest BCUT2D eigenvalue weighted by Crippen LogP contribution is 2.31. The van der Waals surface area contributed by atoms with Gasteiger partial charge in [0.05, 0.1) is 17.2 Å². The summed E-state index contributed by atoms with van der Waals surface area (Å²) in [7, 11) is -3.78. The van der Waals surface area contributed by atoms with Crippen molar-refractivity contribution in [1.82, 2.24) is 0 Å². The molecule has 0 atom stereocenters. The molecule has 6 heteroatoms. The quantitative estimate of drug-likeness (QED) is 0.824. The lowest BCUT2D eigenvalue weighted by molar-refractivity contribution is 0.340. The molecule has 0 aliphatic carbocycles. The summed E-state index contributed by atoms with van der Waals surface area (Å²) < 4.78 is 29.0. The van der Waals surface area contributed by atoms with Crippen LogP contribution in [0, 0.1) is 0 Å². The van der Waals surface area contributed by atoms with E-state index in [1.165, 1.54) is 6.07 Å². The van der Waals surface area contributed by atoms with E-state index in [2.05, 4.69) is 4.99 Å². The number of hydrogen-bond acceptors (Lipinski definition) is 4. The van der Waals surface area contributed by atoms with Crippen molar-refractivity contribution >= 4 is 21.9 Å². The fourth-order valence-corrected chi connectivity index (χ4v) is 3.33. The molecule has 2 N–H and O–H groups in total. The van der Waals surface area contributed by atoms with Crippen LogP contribution in [0.3, 0.4) is 0 Å². The second kappa shape index (κ2) is 7.37. The molecule has 0 radical (unpaired) electrons. The fourth-order valence-electron chi connectivity index (χ4n) is 2.40. The molecule has 0 spiro atoms. The predicted molar refractivity (Wildman–Crippen MR) is 101 cm³/mol. The van der Waals surface area contributed by atoms with Gasteiger partial charge in [-0.25, -0.2) is 13.6 Å². The van der Waals surface area contributed by atoms with E-state index in [-0.39, 0.29) is 10.3 Å². The molecule has 0 amide bonds. The van der Waals surface area contributed by atoms with E-state index in [9.17, 15) is 8.42 Å². The summed E-state index contributed by atoms with van der Waals surface area (Å²) in [6.07, 6.45) is 1.73. The molecule has 0 fully saturated rings. The highest BCUT2D eigenvalue weighted by atomic mass is 32.2. The van der Waals surface area contributed by atoms with Gasteiger partial charge in [0.1, 0.15) is 5.75 Å². The summed E-state index contributed by atoms with van der Waals surface area (Å²) in [4.78, 5) is 4.59. The first kappa shape index (κ1) is 19.1. The molecular weight excluding hydrogens is 336 g/mol. The van der Waals surface area contributed by atoms with E-state index in [0.29, 0.717) is 17.9 Å². The third-order valence-electron chi connectivity index (χ3n) is 3.63. The number of sulfonamides is 1. The Balaban J connectivity index is 2.34. The van der Waals surface area contributed by atoms with E-state index >= 15 is 0 Å². The molecular formula is C19H24N2O3S. The Morgan fingerprint density at radius 1 is 1.12 bits per heavy atom. The van der Waals surface area contributed by atoms with Crippen molar-refractivity contribution in [2.75, 3.05) is 6.61 Å². The number of primary sulfonamides is 1. The predicted octanol–water partition coefficient (Wildman–Crippen LogP) is 3.78. The standard InChI is InChI=1S/C19H24N2O3S/c1-5-24-16-9-6-14(7-10-16)13-21-15-8-11-18(25(20,22)23)17(12-15)19(2,3)4/h6-13H,5H2,1-4H3,(H2,20,22,23)/b21-13+. The topological polar surface area (TPSA) is 81.8 Å². The molecule has 0 heterocycles. The van der Waals surface area contributed by atoms with Crippen molar-refractivity contribution < 1.29 is 13.2 Å². The van der Waals surface area contributed by atoms with Crippen LogP contribution in [0.5, 0.6) is 5.75 Å². The third-order valence-corrected chi connectivity index (χ3v) is 4.60. The zero-order valence-electron chi connectivity index (χ0n) is 15.0. The summed E-state index contributed by atoms with van der Waals surface area (Å²) in [5.41, 5.74) is 1.88. The van der Waals surface area contributed by atoms with Gasteiger partial charge in [-0.3, -0.25) is 4.99 Å². The molecule has 0 bridgehead atoms. The normalized spacial score (nSPS) is 12.5. The Morgan fingerprint density at radius 3 is 2.28 bits per heavy atom. The highest BCUT2D eigenvalue weighted by molar-refractivity contribution is 7.89. The average molecular weight is 360 g/mol. The van der Waals surface area contributed by atoms with Crippen molar-refractivity contribution in [1.29, 1.82) is 0 Å². The van der Waals surface area contributed by atoms with Crippen LogP contribution in [0.1, 0.15) is 38.8 Å². The minimum Gasteiger partial charge on any atom is -0.494 e. The monoisotopic (exact) mass is 360 g/mol. The zero-order chi connectivity index (χ0) is 18.7. The second-order valence-electron chi connectivity index (χ2n) is 6.74. The van der Waals surface area contributed by atoms with Gasteiger partial charge in [0.15, 0.2) is 0 Å². The van der Waals surface area contributed by atoms with E-state index in [1.54, 1.807) is 18.3 Å². The first-order valence-corrected chi connectivity index (χ1v) is 9.60. The molecule has 0 aliphatic rings. The summed E-state index contributed by atoms with van der Waals surface area (Å²) >= 11 is 0. The van der Waals surface area contributed by atoms with Gasteiger partial charge in [-0.15, -0.1) is 0 Å². The number of nitrogens with two attached hydrogens (primary N) is 1. The lowest BCUT2D eigenvalue weighted by Crippen LogP contribution is -2.21. The van der Waals surface area contributed by atoms with Crippen molar-refractivity contribution in [3.05, 3.63) is 53.6 Å². The van der Waals surface area contributed by atoms with Crippen LogP contribution in [-0.4, -0.2) is 21.2 Å². The molecule has 0 unspecified atom stereocenters. The Kier molecular flexibility index (Phi) is 5.65. The van der Waals surface area contributed by atoms with Crippen LogP contribution in [0.15, 0.2) is 52.4 Å². The maximum atomic E-state index is 11.8. The van der Waals surface area contributed by atoms with Gasteiger partial charge in [-0.1, -0.05) is 20.8 Å². The summed E-state index contributed by atoms with van der Waals surface area (Å²) in [5, 5.41) is 5.33. The van der Waals surface area contributed by atoms with Crippen molar-refractivity contribution in [2.45, 2.75) is 38.0 Å². The molecule has 0 aromatic heterocycles. The first-order valence-electron chi connectivity index (χ1n) is 8.05. The number of hydrogen-bond donors (Lipinski definition) is 1. The molecule has 25 heavy (non-hydrogen) atoms. The van der Waals surface area contributed by atoms with Gasteiger partial charge < -0.3 is 4.74 Å². The molecule has 2 aromatic carbocycles. The lowest BCUT2D eigenvalue weighted by Gasteiger charge is -2.22. The van der Waals surface area contributed by atoms with Crippen LogP contribution in [-0.2, 0) is 15.4 Å². The summed E-state index contributed by atoms with van der Waals surface area (Å²) in [5.74, 6) is 0.812. The molecule has 0 saturated carbocycles. The largest absolute Gasteiger partial charge is 0.494 e. The van der Waals surface area contributed by atoms with Gasteiger partial charge in [-0.2, -0.15) is 0 Å². The first-order chi connectivity index (χ1) is 11.6. The van der Waals surface area contributed by atoms with E-state index in [4.69, 9.17) is 9.88 Å². The zero-order valence-corrected chi connectivity index (χ0v) is 15.8. The van der Waals surface area contributed by atoms with E-state index < -0.39 is 10.0 Å². The van der Waals surface area contributed by atoms with Gasteiger partial charge in [0.2, 0.25) is 10.0 Å². The molecule has 0 saturated heterocycles. The number of ether oxygens (including phenoxy) is 1. The molecule has 5 nitrogen and oxygen atoms in total. The fraction of sp³-hybridized carbons (Fsp3) is 0.316. The Morgan fingerprint density at radius 2 is 1.76 bits per heavy atom. The summed E-state index contributed by atoms with van der Waals surface area (Å²) in [6.45, 7) is 8.39. The van der Waals surface area contributed by atoms with E-state index in [1.807, 2.05) is 52.0 Å². The number of nitrogens with zero attached hydrogens (tertiary/aromatic N) is 1. The SMILES string of the molecule is CCOc1ccc(/C=N/c2ccc(S(N)(=O)=O)c(C(C)(C)C)c2)cc1. The minimum atomic E-state index is -3.78. The Hall–Kier alpha value is -2.18. The van der Waals surface area contributed by atoms with Crippen molar-refractivity contribution in [3.8, 4) is 5.75 Å². The Bertz CT molecular complexity index is 865. The lowest BCUT2D eigenvalue weighted by atomic mass is 9.87. The maximum absolute atomic E-state index is 11.8. The van der Waals surface area contributed by atoms with Crippen molar-refractivity contribution in [3.63, 3.8) is 0 Å². The number of benzene rings is 2.